The van der Waals surface area contributed by atoms with Crippen LogP contribution in [0.15, 0.2) is 0 Å². The van der Waals surface area contributed by atoms with E-state index in [0.29, 0.717) is 31.2 Å². The third-order valence-electron chi connectivity index (χ3n) is 4.14. The van der Waals surface area contributed by atoms with Crippen molar-refractivity contribution in [3.8, 4) is 0 Å². The Labute approximate surface area is 98.6 Å². The summed E-state index contributed by atoms with van der Waals surface area (Å²) >= 11 is 0. The zero-order chi connectivity index (χ0) is 11.6. The van der Waals surface area contributed by atoms with Crippen LogP contribution in [0.5, 0.6) is 0 Å². The van der Waals surface area contributed by atoms with Crippen LogP contribution >= 0.6 is 0 Å². The first-order valence-corrected chi connectivity index (χ1v) is 6.53. The Kier molecular flexibility index (Phi) is 3.57. The van der Waals surface area contributed by atoms with E-state index in [-0.39, 0.29) is 0 Å². The van der Waals surface area contributed by atoms with E-state index in [1.807, 2.05) is 0 Å². The lowest BCUT2D eigenvalue weighted by Crippen LogP contribution is -2.46. The minimum atomic E-state index is -0.604. The maximum Gasteiger partial charge on any atom is 0.102 e. The standard InChI is InChI=1S/C13H25NO2/c1-12(2)5-3-11(4-6-12)14-9-13(15)7-8-16-10-13/h11,14-15H,3-10H2,1-2H3. The van der Waals surface area contributed by atoms with Crippen molar-refractivity contribution in [1.29, 1.82) is 0 Å². The average Bonchev–Trinajstić information content (AvgIpc) is 2.64. The van der Waals surface area contributed by atoms with E-state index in [1.165, 1.54) is 25.7 Å². The van der Waals surface area contributed by atoms with Gasteiger partial charge in [-0.1, -0.05) is 13.8 Å². The van der Waals surface area contributed by atoms with Crippen molar-refractivity contribution in [3.05, 3.63) is 0 Å². The van der Waals surface area contributed by atoms with Crippen LogP contribution in [0.3, 0.4) is 0 Å². The first-order chi connectivity index (χ1) is 7.49. The molecule has 1 saturated heterocycles. The second-order valence-corrected chi connectivity index (χ2v) is 6.35. The Bertz CT molecular complexity index is 224. The van der Waals surface area contributed by atoms with Gasteiger partial charge in [0.2, 0.25) is 0 Å². The molecule has 3 nitrogen and oxygen atoms in total. The highest BCUT2D eigenvalue weighted by Gasteiger charge is 2.33. The number of rotatable bonds is 3. The van der Waals surface area contributed by atoms with Crippen molar-refractivity contribution >= 4 is 0 Å². The molecule has 0 aromatic rings. The first-order valence-electron chi connectivity index (χ1n) is 6.53. The molecule has 3 heteroatoms. The van der Waals surface area contributed by atoms with E-state index >= 15 is 0 Å². The normalized spacial score (nSPS) is 35.4. The number of nitrogens with one attached hydrogen (secondary N) is 1. The molecule has 16 heavy (non-hydrogen) atoms. The maximum atomic E-state index is 10.1. The summed E-state index contributed by atoms with van der Waals surface area (Å²) in [5.41, 5.74) is -0.0848. The molecule has 0 spiro atoms. The lowest BCUT2D eigenvalue weighted by molar-refractivity contribution is 0.0224. The first kappa shape index (κ1) is 12.3. The van der Waals surface area contributed by atoms with E-state index < -0.39 is 5.60 Å². The van der Waals surface area contributed by atoms with Crippen LogP contribution in [-0.2, 0) is 4.74 Å². The van der Waals surface area contributed by atoms with Crippen LogP contribution in [-0.4, -0.2) is 36.5 Å². The zero-order valence-electron chi connectivity index (χ0n) is 10.6. The molecule has 0 bridgehead atoms. The van der Waals surface area contributed by atoms with Crippen molar-refractivity contribution in [2.45, 2.75) is 57.6 Å². The predicted octanol–water partition coefficient (Wildman–Crippen LogP) is 1.70. The molecule has 0 amide bonds. The quantitative estimate of drug-likeness (QED) is 0.771. The molecule has 1 unspecified atom stereocenters. The van der Waals surface area contributed by atoms with Gasteiger partial charge in [0, 0.05) is 25.6 Å². The van der Waals surface area contributed by atoms with Gasteiger partial charge >= 0.3 is 0 Å². The van der Waals surface area contributed by atoms with Gasteiger partial charge < -0.3 is 15.2 Å². The summed E-state index contributed by atoms with van der Waals surface area (Å²) in [5, 5.41) is 13.6. The fourth-order valence-corrected chi connectivity index (χ4v) is 2.67. The van der Waals surface area contributed by atoms with Crippen LogP contribution in [0.25, 0.3) is 0 Å². The number of ether oxygens (including phenoxy) is 1. The molecular weight excluding hydrogens is 202 g/mol. The molecule has 2 N–H and O–H groups in total. The van der Waals surface area contributed by atoms with Crippen molar-refractivity contribution in [2.24, 2.45) is 5.41 Å². The van der Waals surface area contributed by atoms with Gasteiger partial charge in [-0.25, -0.2) is 0 Å². The SMILES string of the molecule is CC1(C)CCC(NCC2(O)CCOC2)CC1. The monoisotopic (exact) mass is 227 g/mol. The molecule has 0 aromatic heterocycles. The molecule has 2 fully saturated rings. The van der Waals surface area contributed by atoms with Gasteiger partial charge in [0.1, 0.15) is 5.60 Å². The van der Waals surface area contributed by atoms with E-state index in [2.05, 4.69) is 19.2 Å². The average molecular weight is 227 g/mol. The molecule has 1 heterocycles. The Morgan fingerprint density at radius 1 is 1.25 bits per heavy atom. The fourth-order valence-electron chi connectivity index (χ4n) is 2.67. The third kappa shape index (κ3) is 3.19. The van der Waals surface area contributed by atoms with Crippen LogP contribution in [0.1, 0.15) is 46.0 Å². The van der Waals surface area contributed by atoms with Gasteiger partial charge in [0.05, 0.1) is 6.61 Å². The van der Waals surface area contributed by atoms with Gasteiger partial charge in [-0.2, -0.15) is 0 Å². The minimum absolute atomic E-state index is 0.498. The van der Waals surface area contributed by atoms with Gasteiger partial charge in [-0.15, -0.1) is 0 Å². The molecule has 94 valence electrons. The summed E-state index contributed by atoms with van der Waals surface area (Å²) in [5.74, 6) is 0. The lowest BCUT2D eigenvalue weighted by Gasteiger charge is -2.36. The third-order valence-corrected chi connectivity index (χ3v) is 4.14. The van der Waals surface area contributed by atoms with E-state index in [9.17, 15) is 5.11 Å². The Morgan fingerprint density at radius 2 is 1.94 bits per heavy atom. The van der Waals surface area contributed by atoms with Gasteiger partial charge in [-0.05, 0) is 31.1 Å². The molecule has 2 aliphatic rings. The van der Waals surface area contributed by atoms with E-state index in [1.54, 1.807) is 0 Å². The summed E-state index contributed by atoms with van der Waals surface area (Å²) in [4.78, 5) is 0. The predicted molar refractivity (Wildman–Crippen MR) is 64.4 cm³/mol. The van der Waals surface area contributed by atoms with Crippen molar-refractivity contribution < 1.29 is 9.84 Å². The summed E-state index contributed by atoms with van der Waals surface area (Å²) in [6.07, 6.45) is 5.84. The van der Waals surface area contributed by atoms with Gasteiger partial charge in [0.15, 0.2) is 0 Å². The van der Waals surface area contributed by atoms with Crippen LogP contribution in [0.2, 0.25) is 0 Å². The lowest BCUT2D eigenvalue weighted by atomic mass is 9.75. The van der Waals surface area contributed by atoms with Crippen LogP contribution in [0.4, 0.5) is 0 Å². The Morgan fingerprint density at radius 3 is 2.50 bits per heavy atom. The van der Waals surface area contributed by atoms with Crippen LogP contribution < -0.4 is 5.32 Å². The second-order valence-electron chi connectivity index (χ2n) is 6.35. The van der Waals surface area contributed by atoms with Crippen LogP contribution in [0, 0.1) is 5.41 Å². The van der Waals surface area contributed by atoms with Crippen molar-refractivity contribution in [1.82, 2.24) is 5.32 Å². The van der Waals surface area contributed by atoms with E-state index in [0.717, 1.165) is 6.42 Å². The molecule has 1 saturated carbocycles. The summed E-state index contributed by atoms with van der Waals surface area (Å²) in [7, 11) is 0. The van der Waals surface area contributed by atoms with Crippen molar-refractivity contribution in [2.75, 3.05) is 19.8 Å². The molecule has 1 aliphatic heterocycles. The number of hydrogen-bond donors (Lipinski definition) is 2. The van der Waals surface area contributed by atoms with E-state index in [4.69, 9.17) is 4.74 Å². The number of aliphatic hydroxyl groups is 1. The molecule has 1 aliphatic carbocycles. The minimum Gasteiger partial charge on any atom is -0.386 e. The van der Waals surface area contributed by atoms with Gasteiger partial charge in [0.25, 0.3) is 0 Å². The molecule has 0 radical (unpaired) electrons. The fraction of sp³-hybridized carbons (Fsp3) is 1.00. The maximum absolute atomic E-state index is 10.1. The smallest absolute Gasteiger partial charge is 0.102 e. The Hall–Kier alpha value is -0.120. The summed E-state index contributed by atoms with van der Waals surface area (Å²) in [6, 6.07) is 0.595. The molecule has 1 atom stereocenters. The largest absolute Gasteiger partial charge is 0.386 e. The molecule has 2 rings (SSSR count). The molecular formula is C13H25NO2. The summed E-state index contributed by atoms with van der Waals surface area (Å²) in [6.45, 7) is 6.59. The Balaban J connectivity index is 1.71. The highest BCUT2D eigenvalue weighted by molar-refractivity contribution is 4.88. The number of hydrogen-bond acceptors (Lipinski definition) is 3. The zero-order valence-corrected chi connectivity index (χ0v) is 10.6. The highest BCUT2D eigenvalue weighted by Crippen LogP contribution is 2.35. The summed E-state index contributed by atoms with van der Waals surface area (Å²) < 4.78 is 5.24. The van der Waals surface area contributed by atoms with Crippen molar-refractivity contribution in [3.63, 3.8) is 0 Å². The molecule has 0 aromatic carbocycles. The van der Waals surface area contributed by atoms with Gasteiger partial charge in [-0.3, -0.25) is 0 Å². The topological polar surface area (TPSA) is 41.5 Å². The second kappa shape index (κ2) is 4.63. The highest BCUT2D eigenvalue weighted by atomic mass is 16.5.